The Kier molecular flexibility index (Phi) is 5.94. The van der Waals surface area contributed by atoms with Crippen LogP contribution in [0.5, 0.6) is 28.7 Å². The molecule has 9 nitrogen and oxygen atoms in total. The number of ether oxygens (including phenoxy) is 4. The van der Waals surface area contributed by atoms with Crippen molar-refractivity contribution in [1.29, 1.82) is 5.26 Å². The maximum atomic E-state index is 11.5. The molecule has 38 heavy (non-hydrogen) atoms. The van der Waals surface area contributed by atoms with Gasteiger partial charge in [0, 0.05) is 34.3 Å². The summed E-state index contributed by atoms with van der Waals surface area (Å²) in [4.78, 5) is 4.36. The Morgan fingerprint density at radius 1 is 1.18 bits per heavy atom. The molecule has 4 aliphatic rings. The molecule has 2 N–H and O–H groups in total. The first kappa shape index (κ1) is 24.9. The van der Waals surface area contributed by atoms with Crippen molar-refractivity contribution < 1.29 is 29.2 Å². The van der Waals surface area contributed by atoms with Crippen molar-refractivity contribution in [3.63, 3.8) is 0 Å². The van der Waals surface area contributed by atoms with Gasteiger partial charge in [-0.1, -0.05) is 18.7 Å². The summed E-state index contributed by atoms with van der Waals surface area (Å²) in [5.74, 6) is 2.54. The molecule has 0 radical (unpaired) electrons. The van der Waals surface area contributed by atoms with Crippen LogP contribution in [0, 0.1) is 25.2 Å². The van der Waals surface area contributed by atoms with E-state index in [0.717, 1.165) is 33.4 Å². The number of piperazine rings is 1. The van der Waals surface area contributed by atoms with Gasteiger partial charge < -0.3 is 29.2 Å². The average molecular weight is 520 g/mol. The van der Waals surface area contributed by atoms with Crippen LogP contribution in [-0.4, -0.2) is 72.3 Å². The van der Waals surface area contributed by atoms with Crippen molar-refractivity contribution >= 4 is 0 Å². The van der Waals surface area contributed by atoms with Crippen molar-refractivity contribution in [2.45, 2.75) is 56.9 Å². The number of aromatic hydroxyl groups is 1. The van der Waals surface area contributed by atoms with Crippen LogP contribution in [0.2, 0.25) is 0 Å². The van der Waals surface area contributed by atoms with Crippen molar-refractivity contribution in [3.05, 3.63) is 52.1 Å². The number of phenols is 1. The Balaban J connectivity index is 1.60. The SMILES string of the molecule is C=CCOc1c(C)c2c(c3c1CC1[C@@H]4c5c(cc(C)c(OC)c5O)CC([C@H](C#N)N1[C@H]3CO)N4C)OCO2. The summed E-state index contributed by atoms with van der Waals surface area (Å²) in [5, 5.41) is 32.8. The molecule has 4 heterocycles. The number of nitrogens with zero attached hydrogens (tertiary/aromatic N) is 3. The van der Waals surface area contributed by atoms with Gasteiger partial charge in [0.25, 0.3) is 0 Å². The van der Waals surface area contributed by atoms with E-state index in [9.17, 15) is 15.5 Å². The highest BCUT2D eigenvalue weighted by Gasteiger charge is 2.56. The molecule has 2 bridgehead atoms. The van der Waals surface area contributed by atoms with Gasteiger partial charge in [0.1, 0.15) is 18.4 Å². The number of benzene rings is 2. The van der Waals surface area contributed by atoms with Gasteiger partial charge in [-0.3, -0.25) is 9.80 Å². The summed E-state index contributed by atoms with van der Waals surface area (Å²) in [5.41, 5.74) is 5.31. The lowest BCUT2D eigenvalue weighted by Crippen LogP contribution is -2.68. The topological polar surface area (TPSA) is 108 Å². The number of aliphatic hydroxyl groups is 1. The van der Waals surface area contributed by atoms with Crippen molar-refractivity contribution in [3.8, 4) is 34.8 Å². The van der Waals surface area contributed by atoms with Crippen LogP contribution in [0.25, 0.3) is 0 Å². The minimum Gasteiger partial charge on any atom is -0.504 e. The van der Waals surface area contributed by atoms with Gasteiger partial charge >= 0.3 is 0 Å². The fraction of sp³-hybridized carbons (Fsp3) is 0.483. The number of phenolic OH excluding ortho intramolecular Hbond substituents is 1. The van der Waals surface area contributed by atoms with E-state index in [1.54, 1.807) is 13.2 Å². The molecule has 9 heteroatoms. The molecular formula is C29H33N3O6. The number of fused-ring (bicyclic) bond motifs is 9. The van der Waals surface area contributed by atoms with E-state index >= 15 is 0 Å². The highest BCUT2D eigenvalue weighted by molar-refractivity contribution is 5.66. The Morgan fingerprint density at radius 2 is 1.95 bits per heavy atom. The van der Waals surface area contributed by atoms with Gasteiger partial charge in [-0.15, -0.1) is 0 Å². The molecule has 0 spiro atoms. The minimum atomic E-state index is -0.509. The molecule has 0 saturated carbocycles. The van der Waals surface area contributed by atoms with E-state index in [1.165, 1.54) is 0 Å². The largest absolute Gasteiger partial charge is 0.504 e. The zero-order valence-electron chi connectivity index (χ0n) is 22.2. The normalized spacial score (nSPS) is 27.1. The van der Waals surface area contributed by atoms with Crippen molar-refractivity contribution in [2.75, 3.05) is 34.2 Å². The third kappa shape index (κ3) is 3.20. The maximum absolute atomic E-state index is 11.5. The molecule has 2 unspecified atom stereocenters. The third-order valence-electron chi connectivity index (χ3n) is 8.78. The van der Waals surface area contributed by atoms with Gasteiger partial charge in [-0.05, 0) is 44.9 Å². The first-order valence-electron chi connectivity index (χ1n) is 13.0. The lowest BCUT2D eigenvalue weighted by molar-refractivity contribution is -0.0825. The summed E-state index contributed by atoms with van der Waals surface area (Å²) in [6.45, 7) is 7.88. The van der Waals surface area contributed by atoms with E-state index < -0.39 is 12.1 Å². The molecule has 0 aromatic heterocycles. The van der Waals surface area contributed by atoms with E-state index in [0.29, 0.717) is 42.4 Å². The molecule has 0 amide bonds. The van der Waals surface area contributed by atoms with Gasteiger partial charge in [0.2, 0.25) is 6.79 Å². The Bertz CT molecular complexity index is 1370. The smallest absolute Gasteiger partial charge is 0.231 e. The zero-order valence-corrected chi connectivity index (χ0v) is 22.2. The lowest BCUT2D eigenvalue weighted by atomic mass is 9.71. The molecule has 0 aliphatic carbocycles. The van der Waals surface area contributed by atoms with Gasteiger partial charge in [-0.2, -0.15) is 5.26 Å². The lowest BCUT2D eigenvalue weighted by Gasteiger charge is -2.59. The Morgan fingerprint density at radius 3 is 2.63 bits per heavy atom. The fourth-order valence-electron chi connectivity index (χ4n) is 7.34. The first-order chi connectivity index (χ1) is 18.4. The van der Waals surface area contributed by atoms with Gasteiger partial charge in [0.05, 0.1) is 31.9 Å². The number of nitriles is 1. The summed E-state index contributed by atoms with van der Waals surface area (Å²) in [7, 11) is 3.59. The quantitative estimate of drug-likeness (QED) is 0.576. The monoisotopic (exact) mass is 519 g/mol. The minimum absolute atomic E-state index is 0.0885. The molecule has 5 atom stereocenters. The molecule has 2 aromatic rings. The van der Waals surface area contributed by atoms with Crippen LogP contribution in [0.4, 0.5) is 0 Å². The second-order valence-corrected chi connectivity index (χ2v) is 10.5. The number of hydrogen-bond donors (Lipinski definition) is 2. The van der Waals surface area contributed by atoms with E-state index in [1.807, 2.05) is 20.9 Å². The maximum Gasteiger partial charge on any atom is 0.231 e. The second kappa shape index (κ2) is 9.09. The summed E-state index contributed by atoms with van der Waals surface area (Å²) >= 11 is 0. The predicted octanol–water partition coefficient (Wildman–Crippen LogP) is 3.07. The standard InChI is InChI=1S/C29H33N3O6/c1-6-7-36-27-15(3)28-29(38-13-37-28)23-17(27)10-19-24-22-16(8-14(2)26(35-5)25(22)34)9-18(31(24)4)20(11-30)32(19)21(23)12-33/h6,8,18-21,24,33-34H,1,7,9-10,12-13H2,2-5H3/t18?,19?,20-,21-,24+/m0/s1. The van der Waals surface area contributed by atoms with E-state index in [2.05, 4.69) is 28.5 Å². The van der Waals surface area contributed by atoms with Crippen LogP contribution in [0.15, 0.2) is 18.7 Å². The summed E-state index contributed by atoms with van der Waals surface area (Å²) < 4.78 is 23.6. The van der Waals surface area contributed by atoms with E-state index in [4.69, 9.17) is 18.9 Å². The Hall–Kier alpha value is -3.45. The number of hydrogen-bond acceptors (Lipinski definition) is 9. The number of methoxy groups -OCH3 is 1. The van der Waals surface area contributed by atoms with Crippen LogP contribution in [0.3, 0.4) is 0 Å². The number of rotatable bonds is 5. The van der Waals surface area contributed by atoms with Crippen LogP contribution >= 0.6 is 0 Å². The molecule has 4 aliphatic heterocycles. The molecule has 1 fully saturated rings. The fourth-order valence-corrected chi connectivity index (χ4v) is 7.34. The van der Waals surface area contributed by atoms with Crippen LogP contribution < -0.4 is 18.9 Å². The highest BCUT2D eigenvalue weighted by Crippen LogP contribution is 2.58. The van der Waals surface area contributed by atoms with Gasteiger partial charge in [0.15, 0.2) is 23.0 Å². The molecule has 200 valence electrons. The summed E-state index contributed by atoms with van der Waals surface area (Å²) in [6, 6.07) is 3.06. The van der Waals surface area contributed by atoms with Crippen LogP contribution in [-0.2, 0) is 12.8 Å². The highest BCUT2D eigenvalue weighted by atomic mass is 16.7. The average Bonchev–Trinajstić information content (AvgIpc) is 3.39. The predicted molar refractivity (Wildman–Crippen MR) is 139 cm³/mol. The number of likely N-dealkylation sites (N-methyl/N-ethyl adjacent to an activating group) is 1. The van der Waals surface area contributed by atoms with Crippen molar-refractivity contribution in [2.24, 2.45) is 0 Å². The van der Waals surface area contributed by atoms with Crippen molar-refractivity contribution in [1.82, 2.24) is 9.80 Å². The summed E-state index contributed by atoms with van der Waals surface area (Å²) in [6.07, 6.45) is 2.83. The molecular weight excluding hydrogens is 486 g/mol. The van der Waals surface area contributed by atoms with Crippen LogP contribution in [0.1, 0.15) is 45.5 Å². The van der Waals surface area contributed by atoms with E-state index in [-0.39, 0.29) is 37.3 Å². The molecule has 2 aromatic carbocycles. The zero-order chi connectivity index (χ0) is 26.9. The molecule has 1 saturated heterocycles. The number of aryl methyl sites for hydroxylation is 1. The second-order valence-electron chi connectivity index (χ2n) is 10.5. The Labute approximate surface area is 222 Å². The third-order valence-corrected chi connectivity index (χ3v) is 8.78. The van der Waals surface area contributed by atoms with Gasteiger partial charge in [-0.25, -0.2) is 0 Å². The number of aliphatic hydroxyl groups excluding tert-OH is 1. The first-order valence-corrected chi connectivity index (χ1v) is 13.0. The molecule has 6 rings (SSSR count).